The molecule has 4 aromatic rings. The molecule has 4 rings (SSSR count). The molecule has 0 aliphatic carbocycles. The molecule has 0 atom stereocenters. The molecule has 0 radical (unpaired) electrons. The number of halogens is 1. The van der Waals surface area contributed by atoms with E-state index >= 15 is 0 Å². The summed E-state index contributed by atoms with van der Waals surface area (Å²) in [7, 11) is 0. The molecule has 3 heterocycles. The van der Waals surface area contributed by atoms with Gasteiger partial charge in [0.05, 0.1) is 15.1 Å². The summed E-state index contributed by atoms with van der Waals surface area (Å²) in [6.07, 6.45) is 2.82. The molecule has 0 aliphatic heterocycles. The Balaban J connectivity index is 1.69. The first-order valence-corrected chi connectivity index (χ1v) is 9.21. The first kappa shape index (κ1) is 17.2. The zero-order chi connectivity index (χ0) is 18.8. The quantitative estimate of drug-likeness (QED) is 0.338. The van der Waals surface area contributed by atoms with Gasteiger partial charge >= 0.3 is 5.69 Å². The van der Waals surface area contributed by atoms with Crippen LogP contribution in [0.2, 0.25) is 0 Å². The maximum Gasteiger partial charge on any atom is 0.354 e. The van der Waals surface area contributed by atoms with E-state index in [0.29, 0.717) is 10.9 Å². The average molecular weight is 444 g/mol. The number of pyridine rings is 1. The molecular formula is C16H10BrN7O2S. The van der Waals surface area contributed by atoms with Crippen molar-refractivity contribution in [3.63, 3.8) is 0 Å². The van der Waals surface area contributed by atoms with Gasteiger partial charge in [0.15, 0.2) is 5.13 Å². The largest absolute Gasteiger partial charge is 0.354 e. The average Bonchev–Trinajstić information content (AvgIpc) is 3.06. The number of anilines is 4. The molecule has 1 aromatic carbocycles. The van der Waals surface area contributed by atoms with Gasteiger partial charge in [0.2, 0.25) is 11.6 Å². The summed E-state index contributed by atoms with van der Waals surface area (Å²) in [4.78, 5) is 27.7. The summed E-state index contributed by atoms with van der Waals surface area (Å²) >= 11 is 4.67. The normalized spacial score (nSPS) is 10.7. The van der Waals surface area contributed by atoms with Crippen LogP contribution >= 0.6 is 27.3 Å². The lowest BCUT2D eigenvalue weighted by Gasteiger charge is -2.08. The molecule has 11 heteroatoms. The third kappa shape index (κ3) is 3.68. The van der Waals surface area contributed by atoms with E-state index in [1.54, 1.807) is 18.3 Å². The molecule has 134 valence electrons. The van der Waals surface area contributed by atoms with E-state index in [4.69, 9.17) is 0 Å². The van der Waals surface area contributed by atoms with E-state index in [0.717, 1.165) is 14.7 Å². The number of hydrogen-bond donors (Lipinski definition) is 2. The fourth-order valence-corrected chi connectivity index (χ4v) is 3.43. The van der Waals surface area contributed by atoms with Crippen molar-refractivity contribution in [2.45, 2.75) is 0 Å². The highest BCUT2D eigenvalue weighted by molar-refractivity contribution is 9.10. The fraction of sp³-hybridized carbons (Fsp3) is 0. The van der Waals surface area contributed by atoms with Gasteiger partial charge in [-0.3, -0.25) is 10.1 Å². The molecule has 9 nitrogen and oxygen atoms in total. The summed E-state index contributed by atoms with van der Waals surface area (Å²) in [5, 5.41) is 17.9. The van der Waals surface area contributed by atoms with E-state index < -0.39 is 4.92 Å². The molecule has 0 fully saturated rings. The molecular weight excluding hydrogens is 434 g/mol. The van der Waals surface area contributed by atoms with E-state index in [1.165, 1.54) is 17.7 Å². The lowest BCUT2D eigenvalue weighted by atomic mass is 10.3. The molecule has 3 aromatic heterocycles. The van der Waals surface area contributed by atoms with Gasteiger partial charge in [0.25, 0.3) is 0 Å². The van der Waals surface area contributed by atoms with E-state index in [1.807, 2.05) is 24.3 Å². The zero-order valence-electron chi connectivity index (χ0n) is 13.5. The zero-order valence-corrected chi connectivity index (χ0v) is 15.9. The van der Waals surface area contributed by atoms with Crippen molar-refractivity contribution in [3.05, 3.63) is 63.5 Å². The molecule has 0 saturated carbocycles. The topological polar surface area (TPSA) is 119 Å². The molecule has 0 bridgehead atoms. The second-order valence-electron chi connectivity index (χ2n) is 5.27. The van der Waals surface area contributed by atoms with E-state index in [9.17, 15) is 10.1 Å². The number of benzene rings is 1. The predicted molar refractivity (Wildman–Crippen MR) is 107 cm³/mol. The van der Waals surface area contributed by atoms with Crippen LogP contribution < -0.4 is 10.6 Å². The van der Waals surface area contributed by atoms with Gasteiger partial charge in [-0.25, -0.2) is 19.9 Å². The molecule has 0 aliphatic rings. The van der Waals surface area contributed by atoms with Crippen molar-refractivity contribution in [2.75, 3.05) is 10.6 Å². The van der Waals surface area contributed by atoms with Crippen LogP contribution in [-0.4, -0.2) is 24.9 Å². The highest BCUT2D eigenvalue weighted by atomic mass is 79.9. The monoisotopic (exact) mass is 443 g/mol. The summed E-state index contributed by atoms with van der Waals surface area (Å²) in [5.74, 6) is 0.507. The molecule has 0 saturated heterocycles. The van der Waals surface area contributed by atoms with E-state index in [2.05, 4.69) is 46.5 Å². The maximum atomic E-state index is 11.6. The van der Waals surface area contributed by atoms with Crippen LogP contribution in [0.15, 0.2) is 53.4 Å². The smallest absolute Gasteiger partial charge is 0.319 e. The number of nitro groups is 1. The standard InChI is InChI=1S/C16H10BrN7O2S/c17-9-5-6-12(18-7-9)22-14-13(24(25)26)15(20-8-19-14)23-16-21-10-3-1-2-4-11(10)27-16/h1-8H,(H2,18,19,20,21,22,23). The lowest BCUT2D eigenvalue weighted by Crippen LogP contribution is -2.06. The summed E-state index contributed by atoms with van der Waals surface area (Å²) in [6.45, 7) is 0. The highest BCUT2D eigenvalue weighted by Crippen LogP contribution is 2.34. The Hall–Kier alpha value is -3.18. The Morgan fingerprint density at radius 2 is 1.81 bits per heavy atom. The van der Waals surface area contributed by atoms with Gasteiger partial charge in [-0.1, -0.05) is 23.5 Å². The van der Waals surface area contributed by atoms with Crippen LogP contribution in [0.4, 0.5) is 28.3 Å². The minimum atomic E-state index is -0.545. The van der Waals surface area contributed by atoms with Gasteiger partial charge < -0.3 is 10.6 Å². The summed E-state index contributed by atoms with van der Waals surface area (Å²) in [6, 6.07) is 11.0. The van der Waals surface area contributed by atoms with Crippen LogP contribution in [0, 0.1) is 10.1 Å². The van der Waals surface area contributed by atoms with Crippen molar-refractivity contribution in [2.24, 2.45) is 0 Å². The van der Waals surface area contributed by atoms with Crippen LogP contribution in [0.3, 0.4) is 0 Å². The van der Waals surface area contributed by atoms with Crippen LogP contribution in [0.1, 0.15) is 0 Å². The predicted octanol–water partition coefficient (Wildman–Crippen LogP) is 4.64. The van der Waals surface area contributed by atoms with Gasteiger partial charge in [-0.15, -0.1) is 0 Å². The Morgan fingerprint density at radius 1 is 1.04 bits per heavy atom. The van der Waals surface area contributed by atoms with Crippen LogP contribution in [0.25, 0.3) is 10.2 Å². The van der Waals surface area contributed by atoms with Crippen LogP contribution in [-0.2, 0) is 0 Å². The second kappa shape index (κ2) is 7.21. The summed E-state index contributed by atoms with van der Waals surface area (Å²) in [5.41, 5.74) is 0.514. The highest BCUT2D eigenvalue weighted by Gasteiger charge is 2.24. The van der Waals surface area contributed by atoms with Crippen molar-refractivity contribution in [3.8, 4) is 0 Å². The molecule has 0 unspecified atom stereocenters. The third-order valence-electron chi connectivity index (χ3n) is 3.50. The lowest BCUT2D eigenvalue weighted by molar-refractivity contribution is -0.383. The Bertz CT molecular complexity index is 1100. The number of thiazole rings is 1. The van der Waals surface area contributed by atoms with E-state index in [-0.39, 0.29) is 17.3 Å². The minimum Gasteiger partial charge on any atom is -0.319 e. The Labute approximate surface area is 164 Å². The first-order chi connectivity index (χ1) is 13.1. The number of fused-ring (bicyclic) bond motifs is 1. The fourth-order valence-electron chi connectivity index (χ4n) is 2.33. The minimum absolute atomic E-state index is 0.0356. The molecule has 27 heavy (non-hydrogen) atoms. The Morgan fingerprint density at radius 3 is 2.52 bits per heavy atom. The van der Waals surface area contributed by atoms with Crippen LogP contribution in [0.5, 0.6) is 0 Å². The number of nitrogens with one attached hydrogen (secondary N) is 2. The van der Waals surface area contributed by atoms with Crippen molar-refractivity contribution >= 4 is 65.8 Å². The third-order valence-corrected chi connectivity index (χ3v) is 4.92. The van der Waals surface area contributed by atoms with Crippen molar-refractivity contribution < 1.29 is 4.92 Å². The second-order valence-corrected chi connectivity index (χ2v) is 7.22. The number of aromatic nitrogens is 4. The SMILES string of the molecule is O=[N+]([O-])c1c(Nc2ccc(Br)cn2)ncnc1Nc1nc2ccccc2s1. The maximum absolute atomic E-state index is 11.6. The molecule has 0 spiro atoms. The molecule has 2 N–H and O–H groups in total. The van der Waals surface area contributed by atoms with Gasteiger partial charge in [-0.05, 0) is 40.2 Å². The molecule has 0 amide bonds. The number of para-hydroxylation sites is 1. The number of rotatable bonds is 5. The van der Waals surface area contributed by atoms with Crippen molar-refractivity contribution in [1.29, 1.82) is 0 Å². The van der Waals surface area contributed by atoms with Gasteiger partial charge in [0, 0.05) is 10.7 Å². The van der Waals surface area contributed by atoms with Gasteiger partial charge in [0.1, 0.15) is 12.1 Å². The number of nitrogens with zero attached hydrogens (tertiary/aromatic N) is 5. The first-order valence-electron chi connectivity index (χ1n) is 7.61. The number of hydrogen-bond acceptors (Lipinski definition) is 9. The Kier molecular flexibility index (Phi) is 4.60. The van der Waals surface area contributed by atoms with Crippen molar-refractivity contribution in [1.82, 2.24) is 19.9 Å². The summed E-state index contributed by atoms with van der Waals surface area (Å²) < 4.78 is 1.76. The van der Waals surface area contributed by atoms with Gasteiger partial charge in [-0.2, -0.15) is 0 Å².